The van der Waals surface area contributed by atoms with Crippen LogP contribution in [-0.2, 0) is 6.54 Å². The van der Waals surface area contributed by atoms with Crippen LogP contribution in [0.1, 0.15) is 5.56 Å². The maximum absolute atomic E-state index is 4.20. The van der Waals surface area contributed by atoms with Gasteiger partial charge < -0.3 is 4.57 Å². The molecule has 0 N–H and O–H groups in total. The van der Waals surface area contributed by atoms with Gasteiger partial charge >= 0.3 is 0 Å². The van der Waals surface area contributed by atoms with Gasteiger partial charge in [0.1, 0.15) is 0 Å². The molecule has 98 valence electrons. The van der Waals surface area contributed by atoms with E-state index in [0.29, 0.717) is 6.54 Å². The number of benzene rings is 1. The van der Waals surface area contributed by atoms with Gasteiger partial charge in [0.25, 0.3) is 0 Å². The average molecular weight is 263 g/mol. The Labute approximate surface area is 116 Å². The third-order valence-corrected chi connectivity index (χ3v) is 2.84. The molecular weight excluding hydrogens is 250 g/mol. The summed E-state index contributed by atoms with van der Waals surface area (Å²) in [5, 5.41) is 8.39. The number of hydrogen-bond donors (Lipinski definition) is 0. The highest BCUT2D eigenvalue weighted by Gasteiger charge is 1.95. The number of hydrogen-bond acceptors (Lipinski definition) is 4. The average Bonchev–Trinajstić information content (AvgIpc) is 3.03. The van der Waals surface area contributed by atoms with E-state index in [0.717, 1.165) is 16.9 Å². The molecule has 0 saturated heterocycles. The standard InChI is InChI=1S/C15H13N5/c1-3-15(20-10-9-17-12-20)4-2-14(1)19-18-11-13-5-7-16-8-6-13/h1-10,12H,11H2. The molecule has 0 radical (unpaired) electrons. The van der Waals surface area contributed by atoms with E-state index in [1.54, 1.807) is 24.9 Å². The molecule has 0 saturated carbocycles. The van der Waals surface area contributed by atoms with Crippen molar-refractivity contribution in [3.05, 3.63) is 73.1 Å². The topological polar surface area (TPSA) is 55.4 Å². The Balaban J connectivity index is 1.66. The molecule has 2 aromatic heterocycles. The van der Waals surface area contributed by atoms with Crippen LogP contribution >= 0.6 is 0 Å². The maximum atomic E-state index is 4.20. The fourth-order valence-corrected chi connectivity index (χ4v) is 1.79. The molecule has 3 rings (SSSR count). The van der Waals surface area contributed by atoms with Gasteiger partial charge in [-0.2, -0.15) is 10.2 Å². The monoisotopic (exact) mass is 263 g/mol. The number of nitrogens with zero attached hydrogens (tertiary/aromatic N) is 5. The van der Waals surface area contributed by atoms with Crippen molar-refractivity contribution in [3.8, 4) is 5.69 Å². The van der Waals surface area contributed by atoms with E-state index in [9.17, 15) is 0 Å². The molecule has 2 heterocycles. The first-order chi connectivity index (χ1) is 9.92. The van der Waals surface area contributed by atoms with E-state index in [-0.39, 0.29) is 0 Å². The van der Waals surface area contributed by atoms with Crippen molar-refractivity contribution in [2.24, 2.45) is 10.2 Å². The van der Waals surface area contributed by atoms with E-state index in [4.69, 9.17) is 0 Å². The second kappa shape index (κ2) is 5.88. The summed E-state index contributed by atoms with van der Waals surface area (Å²) in [5.41, 5.74) is 2.98. The number of azo groups is 1. The Morgan fingerprint density at radius 2 is 1.70 bits per heavy atom. The largest absolute Gasteiger partial charge is 0.306 e. The molecule has 0 bridgehead atoms. The van der Waals surface area contributed by atoms with Gasteiger partial charge in [-0.05, 0) is 42.0 Å². The van der Waals surface area contributed by atoms with Crippen molar-refractivity contribution in [3.63, 3.8) is 0 Å². The quantitative estimate of drug-likeness (QED) is 0.676. The van der Waals surface area contributed by atoms with Gasteiger partial charge in [0, 0.05) is 30.5 Å². The summed E-state index contributed by atoms with van der Waals surface area (Å²) in [4.78, 5) is 7.99. The lowest BCUT2D eigenvalue weighted by molar-refractivity contribution is 0.954. The minimum absolute atomic E-state index is 0.561. The Kier molecular flexibility index (Phi) is 3.59. The zero-order chi connectivity index (χ0) is 13.6. The smallest absolute Gasteiger partial charge is 0.0991 e. The SMILES string of the molecule is c1cc(CN=Nc2ccc(-n3ccnc3)cc2)ccn1. The minimum atomic E-state index is 0.561. The highest BCUT2D eigenvalue weighted by atomic mass is 15.1. The first-order valence-corrected chi connectivity index (χ1v) is 6.26. The molecule has 0 unspecified atom stereocenters. The summed E-state index contributed by atoms with van der Waals surface area (Å²) >= 11 is 0. The number of aromatic nitrogens is 3. The van der Waals surface area contributed by atoms with Crippen LogP contribution in [0.15, 0.2) is 77.7 Å². The molecule has 0 atom stereocenters. The molecular formula is C15H13N5. The summed E-state index contributed by atoms with van der Waals surface area (Å²) in [7, 11) is 0. The van der Waals surface area contributed by atoms with Crippen LogP contribution < -0.4 is 0 Å². The Morgan fingerprint density at radius 3 is 2.40 bits per heavy atom. The summed E-state index contributed by atoms with van der Waals surface area (Å²) in [6.45, 7) is 0.561. The molecule has 0 aliphatic rings. The van der Waals surface area contributed by atoms with E-state index >= 15 is 0 Å². The summed E-state index contributed by atoms with van der Waals surface area (Å²) in [5.74, 6) is 0. The van der Waals surface area contributed by atoms with Gasteiger partial charge in [0.05, 0.1) is 18.6 Å². The van der Waals surface area contributed by atoms with Crippen LogP contribution in [0, 0.1) is 0 Å². The minimum Gasteiger partial charge on any atom is -0.306 e. The van der Waals surface area contributed by atoms with Gasteiger partial charge in [0.15, 0.2) is 0 Å². The molecule has 5 nitrogen and oxygen atoms in total. The highest BCUT2D eigenvalue weighted by molar-refractivity contribution is 5.44. The summed E-state index contributed by atoms with van der Waals surface area (Å²) in [6.07, 6.45) is 8.93. The van der Waals surface area contributed by atoms with Crippen LogP contribution in [0.5, 0.6) is 0 Å². The van der Waals surface area contributed by atoms with Gasteiger partial charge in [-0.3, -0.25) is 4.98 Å². The number of pyridine rings is 1. The van der Waals surface area contributed by atoms with Crippen molar-refractivity contribution >= 4 is 5.69 Å². The third-order valence-electron chi connectivity index (χ3n) is 2.84. The number of imidazole rings is 1. The predicted molar refractivity (Wildman–Crippen MR) is 76.0 cm³/mol. The second-order valence-corrected chi connectivity index (χ2v) is 4.24. The number of rotatable bonds is 4. The second-order valence-electron chi connectivity index (χ2n) is 4.24. The zero-order valence-electron chi connectivity index (χ0n) is 10.8. The van der Waals surface area contributed by atoms with Gasteiger partial charge in [-0.15, -0.1) is 0 Å². The lowest BCUT2D eigenvalue weighted by Crippen LogP contribution is -1.87. The van der Waals surface area contributed by atoms with Crippen LogP contribution in [0.4, 0.5) is 5.69 Å². The Morgan fingerprint density at radius 1 is 0.900 bits per heavy atom. The Bertz CT molecular complexity index is 672. The normalized spacial score (nSPS) is 11.0. The van der Waals surface area contributed by atoms with Crippen LogP contribution in [0.25, 0.3) is 5.69 Å². The van der Waals surface area contributed by atoms with Crippen LogP contribution in [0.3, 0.4) is 0 Å². The molecule has 1 aromatic carbocycles. The lowest BCUT2D eigenvalue weighted by Gasteiger charge is -2.01. The molecule has 0 aliphatic heterocycles. The Hall–Kier alpha value is -2.82. The van der Waals surface area contributed by atoms with Gasteiger partial charge in [-0.1, -0.05) is 0 Å². The first-order valence-electron chi connectivity index (χ1n) is 6.26. The molecule has 0 amide bonds. The zero-order valence-corrected chi connectivity index (χ0v) is 10.8. The molecule has 0 fully saturated rings. The van der Waals surface area contributed by atoms with Crippen molar-refractivity contribution < 1.29 is 0 Å². The summed E-state index contributed by atoms with van der Waals surface area (Å²) in [6, 6.07) is 11.7. The molecule has 0 aliphatic carbocycles. The van der Waals surface area contributed by atoms with Crippen LogP contribution in [-0.4, -0.2) is 14.5 Å². The lowest BCUT2D eigenvalue weighted by atomic mass is 10.3. The van der Waals surface area contributed by atoms with E-state index in [1.807, 2.05) is 47.2 Å². The van der Waals surface area contributed by atoms with Crippen LogP contribution in [0.2, 0.25) is 0 Å². The molecule has 3 aromatic rings. The molecule has 20 heavy (non-hydrogen) atoms. The first kappa shape index (κ1) is 12.2. The molecule has 0 spiro atoms. The highest BCUT2D eigenvalue weighted by Crippen LogP contribution is 2.16. The molecule has 5 heteroatoms. The van der Waals surface area contributed by atoms with E-state index in [1.165, 1.54) is 0 Å². The third kappa shape index (κ3) is 2.95. The van der Waals surface area contributed by atoms with Crippen molar-refractivity contribution in [2.45, 2.75) is 6.54 Å². The van der Waals surface area contributed by atoms with Gasteiger partial charge in [-0.25, -0.2) is 4.98 Å². The van der Waals surface area contributed by atoms with E-state index < -0.39 is 0 Å². The summed E-state index contributed by atoms with van der Waals surface area (Å²) < 4.78 is 1.94. The van der Waals surface area contributed by atoms with Crippen molar-refractivity contribution in [1.29, 1.82) is 0 Å². The van der Waals surface area contributed by atoms with Gasteiger partial charge in [0.2, 0.25) is 0 Å². The van der Waals surface area contributed by atoms with Crippen molar-refractivity contribution in [2.75, 3.05) is 0 Å². The van der Waals surface area contributed by atoms with E-state index in [2.05, 4.69) is 20.2 Å². The predicted octanol–water partition coefficient (Wildman–Crippen LogP) is 3.55. The van der Waals surface area contributed by atoms with Crippen molar-refractivity contribution in [1.82, 2.24) is 14.5 Å². The maximum Gasteiger partial charge on any atom is 0.0991 e. The fraction of sp³-hybridized carbons (Fsp3) is 0.0667. The fourth-order valence-electron chi connectivity index (χ4n) is 1.79.